The third-order valence-corrected chi connectivity index (χ3v) is 3.77. The Balaban J connectivity index is 2.71. The van der Waals surface area contributed by atoms with Crippen LogP contribution in [0.4, 0.5) is 4.39 Å². The molecule has 3 nitrogen and oxygen atoms in total. The Labute approximate surface area is 121 Å². The van der Waals surface area contributed by atoms with E-state index in [-0.39, 0.29) is 11.2 Å². The van der Waals surface area contributed by atoms with Crippen molar-refractivity contribution in [2.75, 3.05) is 33.9 Å². The molecule has 1 N–H and O–H groups in total. The summed E-state index contributed by atoms with van der Waals surface area (Å²) >= 11 is 0. The first-order chi connectivity index (χ1) is 9.56. The molecule has 0 amide bonds. The summed E-state index contributed by atoms with van der Waals surface area (Å²) in [5, 5.41) is 3.37. The van der Waals surface area contributed by atoms with Gasteiger partial charge in [-0.2, -0.15) is 0 Å². The van der Waals surface area contributed by atoms with Crippen molar-refractivity contribution in [3.8, 4) is 5.75 Å². The van der Waals surface area contributed by atoms with Gasteiger partial charge in [0.15, 0.2) is 11.6 Å². The molecule has 0 aliphatic rings. The first-order valence-electron chi connectivity index (χ1n) is 7.07. The molecule has 0 saturated heterocycles. The third-order valence-electron chi connectivity index (χ3n) is 3.77. The predicted molar refractivity (Wildman–Crippen MR) is 79.8 cm³/mol. The molecule has 0 aromatic heterocycles. The lowest BCUT2D eigenvalue weighted by atomic mass is 9.81. The first kappa shape index (κ1) is 16.9. The van der Waals surface area contributed by atoms with E-state index in [4.69, 9.17) is 9.47 Å². The minimum Gasteiger partial charge on any atom is -0.494 e. The molecule has 1 aromatic carbocycles. The summed E-state index contributed by atoms with van der Waals surface area (Å²) in [7, 11) is 3.18. The molecule has 0 spiro atoms. The Morgan fingerprint density at radius 3 is 2.65 bits per heavy atom. The summed E-state index contributed by atoms with van der Waals surface area (Å²) in [6.45, 7) is 6.64. The zero-order valence-electron chi connectivity index (χ0n) is 13.0. The standard InChI is InChI=1S/C16H26FNO2/c1-5-16(2,12-18-9-10-19-3)11-13-7-6-8-14(20-4)15(13)17/h6-8,18H,5,9-12H2,1-4H3. The van der Waals surface area contributed by atoms with E-state index in [0.717, 1.165) is 19.5 Å². The van der Waals surface area contributed by atoms with Crippen LogP contribution in [0.15, 0.2) is 18.2 Å². The quantitative estimate of drug-likeness (QED) is 0.707. The van der Waals surface area contributed by atoms with Crippen molar-refractivity contribution in [1.29, 1.82) is 0 Å². The maximum Gasteiger partial charge on any atom is 0.168 e. The highest BCUT2D eigenvalue weighted by molar-refractivity contribution is 5.31. The molecule has 0 fully saturated rings. The first-order valence-corrected chi connectivity index (χ1v) is 7.07. The van der Waals surface area contributed by atoms with Gasteiger partial charge >= 0.3 is 0 Å². The monoisotopic (exact) mass is 283 g/mol. The van der Waals surface area contributed by atoms with Gasteiger partial charge in [0, 0.05) is 20.2 Å². The summed E-state index contributed by atoms with van der Waals surface area (Å²) in [4.78, 5) is 0. The summed E-state index contributed by atoms with van der Waals surface area (Å²) in [5.74, 6) is 0.0693. The Morgan fingerprint density at radius 2 is 2.05 bits per heavy atom. The lowest BCUT2D eigenvalue weighted by Gasteiger charge is -2.29. The fraction of sp³-hybridized carbons (Fsp3) is 0.625. The van der Waals surface area contributed by atoms with Gasteiger partial charge < -0.3 is 14.8 Å². The van der Waals surface area contributed by atoms with Gasteiger partial charge in [-0.15, -0.1) is 0 Å². The summed E-state index contributed by atoms with van der Waals surface area (Å²) < 4.78 is 24.3. The van der Waals surface area contributed by atoms with Gasteiger partial charge in [-0.25, -0.2) is 4.39 Å². The Morgan fingerprint density at radius 1 is 1.30 bits per heavy atom. The molecular formula is C16H26FNO2. The SMILES string of the molecule is CCC(C)(CNCCOC)Cc1cccc(OC)c1F. The summed E-state index contributed by atoms with van der Waals surface area (Å²) in [6, 6.07) is 5.32. The Kier molecular flexibility index (Phi) is 6.96. The number of hydrogen-bond donors (Lipinski definition) is 1. The van der Waals surface area contributed by atoms with Crippen LogP contribution in [-0.2, 0) is 11.2 Å². The van der Waals surface area contributed by atoms with Gasteiger partial charge in [-0.3, -0.25) is 0 Å². The van der Waals surface area contributed by atoms with Crippen LogP contribution in [0.1, 0.15) is 25.8 Å². The van der Waals surface area contributed by atoms with Crippen LogP contribution < -0.4 is 10.1 Å². The molecule has 0 saturated carbocycles. The summed E-state index contributed by atoms with van der Waals surface area (Å²) in [6.07, 6.45) is 1.66. The zero-order valence-corrected chi connectivity index (χ0v) is 13.0. The Hall–Kier alpha value is -1.13. The lowest BCUT2D eigenvalue weighted by Crippen LogP contribution is -2.35. The minimum atomic E-state index is -0.244. The van der Waals surface area contributed by atoms with Crippen LogP contribution in [-0.4, -0.2) is 33.9 Å². The number of ether oxygens (including phenoxy) is 2. The molecule has 0 aliphatic heterocycles. The molecule has 20 heavy (non-hydrogen) atoms. The van der Waals surface area contributed by atoms with E-state index < -0.39 is 0 Å². The molecule has 0 heterocycles. The minimum absolute atomic E-state index is 0.0148. The predicted octanol–water partition coefficient (Wildman–Crippen LogP) is 3.03. The van der Waals surface area contributed by atoms with E-state index in [2.05, 4.69) is 19.2 Å². The van der Waals surface area contributed by atoms with Crippen LogP contribution in [0.3, 0.4) is 0 Å². The van der Waals surface area contributed by atoms with Crippen molar-refractivity contribution in [3.63, 3.8) is 0 Å². The number of halogens is 1. The average molecular weight is 283 g/mol. The van der Waals surface area contributed by atoms with E-state index in [1.54, 1.807) is 13.2 Å². The van der Waals surface area contributed by atoms with Crippen molar-refractivity contribution in [2.24, 2.45) is 5.41 Å². The molecule has 1 unspecified atom stereocenters. The number of rotatable bonds is 9. The summed E-state index contributed by atoms with van der Waals surface area (Å²) in [5.41, 5.74) is 0.725. The fourth-order valence-electron chi connectivity index (χ4n) is 2.19. The second kappa shape index (κ2) is 8.22. The number of hydrogen-bond acceptors (Lipinski definition) is 3. The fourth-order valence-corrected chi connectivity index (χ4v) is 2.19. The van der Waals surface area contributed by atoms with Crippen molar-refractivity contribution >= 4 is 0 Å². The van der Waals surface area contributed by atoms with Gasteiger partial charge in [0.2, 0.25) is 0 Å². The van der Waals surface area contributed by atoms with Crippen molar-refractivity contribution in [3.05, 3.63) is 29.6 Å². The van der Waals surface area contributed by atoms with Crippen LogP contribution in [0.25, 0.3) is 0 Å². The maximum atomic E-state index is 14.2. The van der Waals surface area contributed by atoms with Gasteiger partial charge in [0.05, 0.1) is 13.7 Å². The van der Waals surface area contributed by atoms with Crippen molar-refractivity contribution in [2.45, 2.75) is 26.7 Å². The molecule has 1 atom stereocenters. The molecule has 0 aliphatic carbocycles. The van der Waals surface area contributed by atoms with Gasteiger partial charge in [-0.05, 0) is 29.9 Å². The number of methoxy groups -OCH3 is 2. The largest absolute Gasteiger partial charge is 0.494 e. The van der Waals surface area contributed by atoms with Crippen LogP contribution >= 0.6 is 0 Å². The van der Waals surface area contributed by atoms with E-state index in [1.165, 1.54) is 7.11 Å². The average Bonchev–Trinajstić information content (AvgIpc) is 2.46. The second-order valence-electron chi connectivity index (χ2n) is 5.44. The molecule has 1 aromatic rings. The lowest BCUT2D eigenvalue weighted by molar-refractivity contribution is 0.191. The van der Waals surface area contributed by atoms with E-state index >= 15 is 0 Å². The Bertz CT molecular complexity index is 411. The van der Waals surface area contributed by atoms with Crippen molar-refractivity contribution in [1.82, 2.24) is 5.32 Å². The molecule has 0 bridgehead atoms. The second-order valence-corrected chi connectivity index (χ2v) is 5.44. The normalized spacial score (nSPS) is 14.1. The van der Waals surface area contributed by atoms with Crippen LogP contribution in [0.5, 0.6) is 5.75 Å². The van der Waals surface area contributed by atoms with E-state index in [9.17, 15) is 4.39 Å². The van der Waals surface area contributed by atoms with E-state index in [0.29, 0.717) is 24.3 Å². The van der Waals surface area contributed by atoms with Gasteiger partial charge in [0.25, 0.3) is 0 Å². The number of nitrogens with one attached hydrogen (secondary N) is 1. The highest BCUT2D eigenvalue weighted by Crippen LogP contribution is 2.29. The highest BCUT2D eigenvalue weighted by atomic mass is 19.1. The van der Waals surface area contributed by atoms with Gasteiger partial charge in [-0.1, -0.05) is 26.0 Å². The van der Waals surface area contributed by atoms with Crippen LogP contribution in [0, 0.1) is 11.2 Å². The molecular weight excluding hydrogens is 257 g/mol. The van der Waals surface area contributed by atoms with Gasteiger partial charge in [0.1, 0.15) is 0 Å². The number of benzene rings is 1. The topological polar surface area (TPSA) is 30.5 Å². The molecule has 4 heteroatoms. The smallest absolute Gasteiger partial charge is 0.168 e. The molecule has 114 valence electrons. The molecule has 1 rings (SSSR count). The van der Waals surface area contributed by atoms with E-state index in [1.807, 2.05) is 12.1 Å². The zero-order chi connectivity index (χ0) is 15.0. The maximum absolute atomic E-state index is 14.2. The molecule has 0 radical (unpaired) electrons. The highest BCUT2D eigenvalue weighted by Gasteiger charge is 2.24. The third kappa shape index (κ3) is 4.76. The van der Waals surface area contributed by atoms with Crippen LogP contribution in [0.2, 0.25) is 0 Å². The van der Waals surface area contributed by atoms with Crippen molar-refractivity contribution < 1.29 is 13.9 Å².